The Kier molecular flexibility index (Phi) is 3.53. The molecule has 3 heterocycles. The minimum Gasteiger partial charge on any atom is -0.317 e. The predicted molar refractivity (Wildman–Crippen MR) is 91.0 cm³/mol. The van der Waals surface area contributed by atoms with Gasteiger partial charge in [-0.05, 0) is 37.9 Å². The second kappa shape index (κ2) is 5.57. The number of aromatic nitrogens is 2. The molecule has 0 saturated carbocycles. The average Bonchev–Trinajstić information content (AvgIpc) is 2.93. The normalized spacial score (nSPS) is 23.5. The second-order valence-corrected chi connectivity index (χ2v) is 6.85. The van der Waals surface area contributed by atoms with E-state index in [1.807, 2.05) is 10.8 Å². The summed E-state index contributed by atoms with van der Waals surface area (Å²) in [6, 6.07) is 1.68. The zero-order chi connectivity index (χ0) is 16.0. The van der Waals surface area contributed by atoms with Crippen molar-refractivity contribution in [3.05, 3.63) is 51.7 Å². The number of hydrogen-bond donors (Lipinski definition) is 1. The number of fused-ring (bicyclic) bond motifs is 3. The maximum Gasteiger partial charge on any atom is 0.273 e. The van der Waals surface area contributed by atoms with Crippen LogP contribution in [-0.4, -0.2) is 28.5 Å². The van der Waals surface area contributed by atoms with Gasteiger partial charge in [0.1, 0.15) is 5.82 Å². The van der Waals surface area contributed by atoms with E-state index in [9.17, 15) is 4.79 Å². The number of nitrogens with zero attached hydrogens (tertiary/aromatic N) is 3. The Morgan fingerprint density at radius 3 is 2.83 bits per heavy atom. The van der Waals surface area contributed by atoms with Crippen molar-refractivity contribution in [1.82, 2.24) is 15.0 Å². The van der Waals surface area contributed by atoms with E-state index in [2.05, 4.69) is 36.3 Å². The maximum atomic E-state index is 12.2. The third-order valence-corrected chi connectivity index (χ3v) is 5.04. The number of nitrogens with one attached hydrogen (secondary N) is 1. The van der Waals surface area contributed by atoms with Crippen LogP contribution in [0, 0.1) is 5.92 Å². The van der Waals surface area contributed by atoms with E-state index in [1.165, 1.54) is 5.57 Å². The summed E-state index contributed by atoms with van der Waals surface area (Å²) < 4.78 is 1.95. The molecule has 120 valence electrons. The molecule has 1 aromatic heterocycles. The molecule has 0 spiro atoms. The molecule has 1 saturated heterocycles. The number of hydrogen-bond acceptors (Lipinski definition) is 4. The minimum atomic E-state index is -0.140. The molecular formula is C18H22N4O. The van der Waals surface area contributed by atoms with E-state index in [0.29, 0.717) is 11.8 Å². The fraction of sp³-hybridized carbons (Fsp3) is 0.500. The van der Waals surface area contributed by atoms with Gasteiger partial charge in [0, 0.05) is 12.0 Å². The lowest BCUT2D eigenvalue weighted by Gasteiger charge is -2.25. The summed E-state index contributed by atoms with van der Waals surface area (Å²) in [6.07, 6.45) is 8.33. The first-order chi connectivity index (χ1) is 11.1. The fourth-order valence-electron chi connectivity index (χ4n) is 3.85. The molecule has 0 bridgehead atoms. The van der Waals surface area contributed by atoms with Crippen molar-refractivity contribution >= 4 is 5.71 Å². The van der Waals surface area contributed by atoms with Crippen LogP contribution in [0.4, 0.5) is 0 Å². The minimum absolute atomic E-state index is 0.0364. The van der Waals surface area contributed by atoms with Crippen LogP contribution in [0.25, 0.3) is 0 Å². The smallest absolute Gasteiger partial charge is 0.273 e. The predicted octanol–water partition coefficient (Wildman–Crippen LogP) is 2.16. The van der Waals surface area contributed by atoms with Gasteiger partial charge in [0.05, 0.1) is 17.3 Å². The van der Waals surface area contributed by atoms with E-state index in [1.54, 1.807) is 6.07 Å². The molecule has 5 nitrogen and oxygen atoms in total. The molecule has 4 rings (SSSR count). The summed E-state index contributed by atoms with van der Waals surface area (Å²) in [7, 11) is 0. The zero-order valence-corrected chi connectivity index (χ0v) is 13.6. The Hall–Kier alpha value is -2.01. The van der Waals surface area contributed by atoms with Gasteiger partial charge in [-0.2, -0.15) is 10.1 Å². The highest BCUT2D eigenvalue weighted by Crippen LogP contribution is 2.38. The Bertz CT molecular complexity index is 779. The van der Waals surface area contributed by atoms with E-state index in [-0.39, 0.29) is 11.5 Å². The first kappa shape index (κ1) is 14.6. The summed E-state index contributed by atoms with van der Waals surface area (Å²) in [5.41, 5.74) is 3.18. The van der Waals surface area contributed by atoms with Gasteiger partial charge in [-0.3, -0.25) is 4.79 Å². The summed E-state index contributed by atoms with van der Waals surface area (Å²) in [6.45, 7) is 6.35. The van der Waals surface area contributed by atoms with Crippen molar-refractivity contribution in [1.29, 1.82) is 0 Å². The lowest BCUT2D eigenvalue weighted by molar-refractivity contribution is 0.439. The summed E-state index contributed by atoms with van der Waals surface area (Å²) in [5, 5.41) is 8.19. The molecule has 1 aromatic rings. The van der Waals surface area contributed by atoms with Gasteiger partial charge in [0.25, 0.3) is 5.56 Å². The average molecular weight is 310 g/mol. The number of allylic oxidation sites excluding steroid dienone is 4. The van der Waals surface area contributed by atoms with Gasteiger partial charge < -0.3 is 5.32 Å². The van der Waals surface area contributed by atoms with Crippen LogP contribution < -0.4 is 10.9 Å². The lowest BCUT2D eigenvalue weighted by Crippen LogP contribution is -2.29. The van der Waals surface area contributed by atoms with Crippen LogP contribution in [0.15, 0.2) is 39.8 Å². The summed E-state index contributed by atoms with van der Waals surface area (Å²) in [4.78, 5) is 16.5. The summed E-state index contributed by atoms with van der Waals surface area (Å²) >= 11 is 0. The summed E-state index contributed by atoms with van der Waals surface area (Å²) in [5.74, 6) is 1.62. The van der Waals surface area contributed by atoms with Crippen molar-refractivity contribution in [3.63, 3.8) is 0 Å². The Morgan fingerprint density at radius 2 is 2.09 bits per heavy atom. The van der Waals surface area contributed by atoms with Gasteiger partial charge >= 0.3 is 0 Å². The van der Waals surface area contributed by atoms with Gasteiger partial charge in [0.15, 0.2) is 0 Å². The molecule has 1 fully saturated rings. The second-order valence-electron chi connectivity index (χ2n) is 6.85. The molecule has 0 aromatic carbocycles. The van der Waals surface area contributed by atoms with Gasteiger partial charge in [-0.1, -0.05) is 31.6 Å². The highest BCUT2D eigenvalue weighted by Gasteiger charge is 2.35. The molecule has 2 aliphatic heterocycles. The molecule has 1 aliphatic carbocycles. The zero-order valence-electron chi connectivity index (χ0n) is 13.6. The molecular weight excluding hydrogens is 288 g/mol. The van der Waals surface area contributed by atoms with Crippen molar-refractivity contribution in [2.24, 2.45) is 11.0 Å². The monoisotopic (exact) mass is 310 g/mol. The van der Waals surface area contributed by atoms with Crippen LogP contribution in [0.1, 0.15) is 50.0 Å². The standard InChI is InChI=1S/C18H22N4O/c1-11(2)13-4-3-5-14-17(13)18-20-16(23)10-15(22(18)21-14)12-6-8-19-9-7-12/h3-5,10-12,17,19H,6-9H2,1-2H3. The quantitative estimate of drug-likeness (QED) is 0.910. The molecule has 1 unspecified atom stereocenters. The molecule has 1 N–H and O–H groups in total. The molecule has 5 heteroatoms. The molecule has 3 aliphatic rings. The van der Waals surface area contributed by atoms with Crippen molar-refractivity contribution in [2.75, 3.05) is 13.1 Å². The number of piperidine rings is 1. The van der Waals surface area contributed by atoms with E-state index >= 15 is 0 Å². The topological polar surface area (TPSA) is 59.3 Å². The molecule has 23 heavy (non-hydrogen) atoms. The van der Waals surface area contributed by atoms with Crippen LogP contribution in [-0.2, 0) is 0 Å². The SMILES string of the molecule is CC(C)C1=CC=CC2=Nn3c(C4CCNCC4)cc(=O)nc3C12. The highest BCUT2D eigenvalue weighted by atomic mass is 16.1. The molecule has 1 atom stereocenters. The van der Waals surface area contributed by atoms with Crippen LogP contribution >= 0.6 is 0 Å². The molecule has 0 radical (unpaired) electrons. The fourth-order valence-corrected chi connectivity index (χ4v) is 3.85. The van der Waals surface area contributed by atoms with Gasteiger partial charge in [0.2, 0.25) is 0 Å². The number of rotatable bonds is 2. The Morgan fingerprint density at radius 1 is 1.30 bits per heavy atom. The maximum absolute atomic E-state index is 12.2. The van der Waals surface area contributed by atoms with Crippen molar-refractivity contribution < 1.29 is 0 Å². The van der Waals surface area contributed by atoms with Gasteiger partial charge in [-0.15, -0.1) is 0 Å². The largest absolute Gasteiger partial charge is 0.317 e. The van der Waals surface area contributed by atoms with Crippen molar-refractivity contribution in [3.8, 4) is 0 Å². The van der Waals surface area contributed by atoms with Gasteiger partial charge in [-0.25, -0.2) is 4.68 Å². The van der Waals surface area contributed by atoms with Crippen LogP contribution in [0.5, 0.6) is 0 Å². The van der Waals surface area contributed by atoms with Crippen LogP contribution in [0.2, 0.25) is 0 Å². The van der Waals surface area contributed by atoms with E-state index in [0.717, 1.165) is 43.2 Å². The Balaban J connectivity index is 1.85. The third kappa shape index (κ3) is 2.39. The first-order valence-corrected chi connectivity index (χ1v) is 8.47. The first-order valence-electron chi connectivity index (χ1n) is 8.47. The van der Waals surface area contributed by atoms with Crippen molar-refractivity contribution in [2.45, 2.75) is 38.5 Å². The highest BCUT2D eigenvalue weighted by molar-refractivity contribution is 6.04. The Labute approximate surface area is 135 Å². The molecule has 0 amide bonds. The van der Waals surface area contributed by atoms with Crippen LogP contribution in [0.3, 0.4) is 0 Å². The van der Waals surface area contributed by atoms with E-state index in [4.69, 9.17) is 5.10 Å². The van der Waals surface area contributed by atoms with E-state index < -0.39 is 0 Å². The lowest BCUT2D eigenvalue weighted by atomic mass is 9.83. The third-order valence-electron chi connectivity index (χ3n) is 5.04.